The molecule has 0 bridgehead atoms. The van der Waals surface area contributed by atoms with E-state index in [1.54, 1.807) is 0 Å². The molecular weight excluding hydrogens is 160 g/mol. The molecule has 1 rings (SSSR count). The van der Waals surface area contributed by atoms with Gasteiger partial charge >= 0.3 is 0 Å². The van der Waals surface area contributed by atoms with E-state index >= 15 is 0 Å². The standard InChI is InChI=1S/C11H24N2/c12-7-3-1-5-10-9-11(10)6-2-4-8-13/h10-11H,1-9,12-13H2. The second kappa shape index (κ2) is 6.39. The predicted molar refractivity (Wildman–Crippen MR) is 57.4 cm³/mol. The van der Waals surface area contributed by atoms with E-state index < -0.39 is 0 Å². The summed E-state index contributed by atoms with van der Waals surface area (Å²) in [5, 5.41) is 0. The van der Waals surface area contributed by atoms with Gasteiger partial charge in [-0.25, -0.2) is 0 Å². The zero-order valence-corrected chi connectivity index (χ0v) is 8.67. The van der Waals surface area contributed by atoms with Crippen molar-refractivity contribution in [3.8, 4) is 0 Å². The third kappa shape index (κ3) is 4.63. The third-order valence-electron chi connectivity index (χ3n) is 3.13. The largest absolute Gasteiger partial charge is 0.330 e. The fourth-order valence-corrected chi connectivity index (χ4v) is 2.12. The molecule has 2 unspecified atom stereocenters. The van der Waals surface area contributed by atoms with Gasteiger partial charge in [0.15, 0.2) is 0 Å². The van der Waals surface area contributed by atoms with Crippen molar-refractivity contribution in [2.45, 2.75) is 44.9 Å². The predicted octanol–water partition coefficient (Wildman–Crippen LogP) is 1.88. The van der Waals surface area contributed by atoms with Gasteiger partial charge in [0.1, 0.15) is 0 Å². The van der Waals surface area contributed by atoms with E-state index in [0.29, 0.717) is 0 Å². The molecule has 1 aliphatic rings. The van der Waals surface area contributed by atoms with Crippen molar-refractivity contribution in [1.82, 2.24) is 0 Å². The van der Waals surface area contributed by atoms with Gasteiger partial charge in [0, 0.05) is 0 Å². The van der Waals surface area contributed by atoms with Crippen molar-refractivity contribution in [2.75, 3.05) is 13.1 Å². The normalized spacial score (nSPS) is 26.3. The minimum atomic E-state index is 0.866. The molecule has 2 nitrogen and oxygen atoms in total. The van der Waals surface area contributed by atoms with Crippen LogP contribution in [0.4, 0.5) is 0 Å². The Labute approximate surface area is 82.1 Å². The molecule has 0 aromatic heterocycles. The van der Waals surface area contributed by atoms with Crippen LogP contribution in [-0.4, -0.2) is 13.1 Å². The lowest BCUT2D eigenvalue weighted by atomic mass is 10.1. The Balaban J connectivity index is 1.85. The fraction of sp³-hybridized carbons (Fsp3) is 1.00. The number of hydrogen-bond donors (Lipinski definition) is 2. The molecule has 0 aliphatic heterocycles. The van der Waals surface area contributed by atoms with Gasteiger partial charge in [-0.3, -0.25) is 0 Å². The Morgan fingerprint density at radius 2 is 1.23 bits per heavy atom. The second-order valence-electron chi connectivity index (χ2n) is 4.32. The van der Waals surface area contributed by atoms with E-state index in [2.05, 4.69) is 0 Å². The van der Waals surface area contributed by atoms with Crippen LogP contribution >= 0.6 is 0 Å². The molecule has 2 heteroatoms. The summed E-state index contributed by atoms with van der Waals surface area (Å²) in [6.07, 6.45) is 9.44. The zero-order valence-electron chi connectivity index (χ0n) is 8.67. The molecule has 0 heterocycles. The molecule has 13 heavy (non-hydrogen) atoms. The summed E-state index contributed by atoms with van der Waals surface area (Å²) in [6, 6.07) is 0. The van der Waals surface area contributed by atoms with Gasteiger partial charge in [-0.1, -0.05) is 25.7 Å². The highest BCUT2D eigenvalue weighted by atomic mass is 14.5. The van der Waals surface area contributed by atoms with Gasteiger partial charge in [-0.15, -0.1) is 0 Å². The van der Waals surface area contributed by atoms with Crippen LogP contribution in [0.1, 0.15) is 44.9 Å². The fourth-order valence-electron chi connectivity index (χ4n) is 2.12. The maximum absolute atomic E-state index is 5.45. The maximum atomic E-state index is 5.45. The maximum Gasteiger partial charge on any atom is -0.00773 e. The zero-order chi connectivity index (χ0) is 9.52. The van der Waals surface area contributed by atoms with E-state index in [4.69, 9.17) is 11.5 Å². The van der Waals surface area contributed by atoms with Crippen LogP contribution in [0.3, 0.4) is 0 Å². The summed E-state index contributed by atoms with van der Waals surface area (Å²) >= 11 is 0. The van der Waals surface area contributed by atoms with Crippen LogP contribution in [0.5, 0.6) is 0 Å². The van der Waals surface area contributed by atoms with E-state index in [1.165, 1.54) is 44.9 Å². The Bertz CT molecular complexity index is 111. The molecule has 0 aromatic carbocycles. The Hall–Kier alpha value is -0.0800. The van der Waals surface area contributed by atoms with Gasteiger partial charge in [0.2, 0.25) is 0 Å². The van der Waals surface area contributed by atoms with Gasteiger partial charge in [0.25, 0.3) is 0 Å². The Morgan fingerprint density at radius 3 is 1.62 bits per heavy atom. The van der Waals surface area contributed by atoms with Crippen LogP contribution in [-0.2, 0) is 0 Å². The molecule has 0 amide bonds. The van der Waals surface area contributed by atoms with Crippen LogP contribution in [0.2, 0.25) is 0 Å². The van der Waals surface area contributed by atoms with Crippen molar-refractivity contribution >= 4 is 0 Å². The molecule has 78 valence electrons. The van der Waals surface area contributed by atoms with Gasteiger partial charge < -0.3 is 11.5 Å². The first-order chi connectivity index (χ1) is 6.38. The molecule has 0 saturated heterocycles. The van der Waals surface area contributed by atoms with E-state index in [-0.39, 0.29) is 0 Å². The van der Waals surface area contributed by atoms with E-state index in [9.17, 15) is 0 Å². The van der Waals surface area contributed by atoms with Gasteiger partial charge in [-0.2, -0.15) is 0 Å². The average Bonchev–Trinajstić information content (AvgIpc) is 2.85. The van der Waals surface area contributed by atoms with Gasteiger partial charge in [0.05, 0.1) is 0 Å². The molecule has 1 fully saturated rings. The van der Waals surface area contributed by atoms with E-state index in [1.807, 2.05) is 0 Å². The Morgan fingerprint density at radius 1 is 0.769 bits per heavy atom. The molecular formula is C11H24N2. The quantitative estimate of drug-likeness (QED) is 0.566. The van der Waals surface area contributed by atoms with Crippen molar-refractivity contribution in [3.05, 3.63) is 0 Å². The number of unbranched alkanes of at least 4 members (excludes halogenated alkanes) is 2. The summed E-state index contributed by atoms with van der Waals surface area (Å²) in [7, 11) is 0. The smallest absolute Gasteiger partial charge is 0.00773 e. The topological polar surface area (TPSA) is 52.0 Å². The highest BCUT2D eigenvalue weighted by molar-refractivity contribution is 4.85. The minimum absolute atomic E-state index is 0.866. The molecule has 1 saturated carbocycles. The summed E-state index contributed by atoms with van der Waals surface area (Å²) in [6.45, 7) is 1.73. The molecule has 1 aliphatic carbocycles. The molecule has 4 N–H and O–H groups in total. The van der Waals surface area contributed by atoms with Crippen molar-refractivity contribution < 1.29 is 0 Å². The minimum Gasteiger partial charge on any atom is -0.330 e. The van der Waals surface area contributed by atoms with Crippen LogP contribution < -0.4 is 11.5 Å². The summed E-state index contributed by atoms with van der Waals surface area (Å²) < 4.78 is 0. The first-order valence-electron chi connectivity index (χ1n) is 5.78. The van der Waals surface area contributed by atoms with E-state index in [0.717, 1.165) is 24.9 Å². The lowest BCUT2D eigenvalue weighted by Crippen LogP contribution is -1.99. The third-order valence-corrected chi connectivity index (χ3v) is 3.13. The van der Waals surface area contributed by atoms with Crippen LogP contribution in [0.25, 0.3) is 0 Å². The SMILES string of the molecule is NCCCCC1CC1CCCCN. The van der Waals surface area contributed by atoms with Crippen LogP contribution in [0, 0.1) is 11.8 Å². The van der Waals surface area contributed by atoms with Crippen molar-refractivity contribution in [2.24, 2.45) is 23.3 Å². The Kier molecular flexibility index (Phi) is 5.40. The average molecular weight is 184 g/mol. The number of nitrogens with two attached hydrogens (primary N) is 2. The van der Waals surface area contributed by atoms with Crippen molar-refractivity contribution in [1.29, 1.82) is 0 Å². The first kappa shape index (κ1) is 11.0. The lowest BCUT2D eigenvalue weighted by Gasteiger charge is -1.99. The monoisotopic (exact) mass is 184 g/mol. The molecule has 0 radical (unpaired) electrons. The summed E-state index contributed by atoms with van der Waals surface area (Å²) in [5.74, 6) is 2.09. The number of rotatable bonds is 8. The lowest BCUT2D eigenvalue weighted by molar-refractivity contribution is 0.548. The molecule has 2 atom stereocenters. The highest BCUT2D eigenvalue weighted by Gasteiger charge is 2.34. The van der Waals surface area contributed by atoms with Gasteiger partial charge in [-0.05, 0) is 44.2 Å². The summed E-state index contributed by atoms with van der Waals surface area (Å²) in [4.78, 5) is 0. The number of hydrogen-bond acceptors (Lipinski definition) is 2. The van der Waals surface area contributed by atoms with Crippen molar-refractivity contribution in [3.63, 3.8) is 0 Å². The first-order valence-corrected chi connectivity index (χ1v) is 5.78. The molecule has 0 aromatic rings. The second-order valence-corrected chi connectivity index (χ2v) is 4.32. The summed E-state index contributed by atoms with van der Waals surface area (Å²) in [5.41, 5.74) is 10.9. The van der Waals surface area contributed by atoms with Crippen LogP contribution in [0.15, 0.2) is 0 Å². The molecule has 0 spiro atoms. The highest BCUT2D eigenvalue weighted by Crippen LogP contribution is 2.45.